The lowest BCUT2D eigenvalue weighted by Crippen LogP contribution is -1.75. The van der Waals surface area contributed by atoms with Crippen molar-refractivity contribution in [2.24, 2.45) is 4.99 Å². The number of hydrogen-bond acceptors (Lipinski definition) is 1. The molecule has 1 heteroatoms. The molecule has 0 fully saturated rings. The van der Waals surface area contributed by atoms with Crippen LogP contribution in [0, 0.1) is 6.92 Å². The van der Waals surface area contributed by atoms with Gasteiger partial charge < -0.3 is 0 Å². The molecule has 0 atom stereocenters. The van der Waals surface area contributed by atoms with Crippen LogP contribution in [0.1, 0.15) is 31.7 Å². The lowest BCUT2D eigenvalue weighted by atomic mass is 10.2. The minimum Gasteiger partial charge on any atom is -0.261 e. The number of nitrogens with zero attached hydrogens (tertiary/aromatic N) is 1. The first-order chi connectivity index (χ1) is 6.33. The predicted molar refractivity (Wildman–Crippen MR) is 58.9 cm³/mol. The molecule has 0 heterocycles. The van der Waals surface area contributed by atoms with Crippen molar-refractivity contribution in [3.63, 3.8) is 0 Å². The fourth-order valence-corrected chi connectivity index (χ4v) is 1.10. The maximum absolute atomic E-state index is 4.36. The monoisotopic (exact) mass is 175 g/mol. The first-order valence-electron chi connectivity index (χ1n) is 4.92. The highest BCUT2D eigenvalue weighted by atomic mass is 14.7. The van der Waals surface area contributed by atoms with Gasteiger partial charge in [-0.25, -0.2) is 0 Å². The lowest BCUT2D eigenvalue weighted by Gasteiger charge is -1.94. The van der Waals surface area contributed by atoms with E-state index in [4.69, 9.17) is 0 Å². The van der Waals surface area contributed by atoms with E-state index in [1.54, 1.807) is 0 Å². The summed E-state index contributed by atoms with van der Waals surface area (Å²) in [4.78, 5) is 4.36. The Balaban J connectivity index is 2.44. The molecule has 0 N–H and O–H groups in total. The van der Waals surface area contributed by atoms with Crippen LogP contribution in [0.5, 0.6) is 0 Å². The van der Waals surface area contributed by atoms with Crippen molar-refractivity contribution in [3.8, 4) is 0 Å². The van der Waals surface area contributed by atoms with Gasteiger partial charge in [-0.2, -0.15) is 0 Å². The minimum absolute atomic E-state index is 1.06. The summed E-state index contributed by atoms with van der Waals surface area (Å²) in [5.41, 5.74) is 2.34. The fourth-order valence-electron chi connectivity index (χ4n) is 1.10. The Kier molecular flexibility index (Phi) is 4.24. The number of aryl methyl sites for hydroxylation is 1. The molecule has 0 saturated carbocycles. The van der Waals surface area contributed by atoms with Gasteiger partial charge >= 0.3 is 0 Å². The Morgan fingerprint density at radius 3 is 2.54 bits per heavy atom. The van der Waals surface area contributed by atoms with E-state index >= 15 is 0 Å². The average Bonchev–Trinajstić information content (AvgIpc) is 2.15. The van der Waals surface area contributed by atoms with Gasteiger partial charge in [-0.05, 0) is 31.9 Å². The second kappa shape index (κ2) is 5.52. The molecule has 0 aliphatic heterocycles. The van der Waals surface area contributed by atoms with Crippen molar-refractivity contribution in [2.75, 3.05) is 0 Å². The molecule has 0 aliphatic rings. The second-order valence-corrected chi connectivity index (χ2v) is 3.29. The topological polar surface area (TPSA) is 12.4 Å². The van der Waals surface area contributed by atoms with Gasteiger partial charge in [0.25, 0.3) is 0 Å². The molecule has 0 unspecified atom stereocenters. The zero-order valence-corrected chi connectivity index (χ0v) is 8.46. The van der Waals surface area contributed by atoms with Crippen LogP contribution in [0.4, 0.5) is 5.69 Å². The summed E-state index contributed by atoms with van der Waals surface area (Å²) in [7, 11) is 0. The molecule has 0 aliphatic carbocycles. The lowest BCUT2D eigenvalue weighted by molar-refractivity contribution is 0.843. The zero-order chi connectivity index (χ0) is 9.52. The highest BCUT2D eigenvalue weighted by molar-refractivity contribution is 5.63. The van der Waals surface area contributed by atoms with E-state index < -0.39 is 0 Å². The van der Waals surface area contributed by atoms with Crippen molar-refractivity contribution in [3.05, 3.63) is 29.8 Å². The molecule has 70 valence electrons. The van der Waals surface area contributed by atoms with E-state index in [0.717, 1.165) is 12.1 Å². The minimum atomic E-state index is 1.06. The fraction of sp³-hybridized carbons (Fsp3) is 0.417. The molecule has 0 spiro atoms. The van der Waals surface area contributed by atoms with Crippen LogP contribution in [0.15, 0.2) is 29.3 Å². The normalized spacial score (nSPS) is 10.9. The van der Waals surface area contributed by atoms with Gasteiger partial charge in [0.2, 0.25) is 0 Å². The third kappa shape index (κ3) is 3.88. The van der Waals surface area contributed by atoms with Crippen LogP contribution in [0.25, 0.3) is 0 Å². The van der Waals surface area contributed by atoms with Crippen LogP contribution in [0.3, 0.4) is 0 Å². The summed E-state index contributed by atoms with van der Waals surface area (Å²) in [6, 6.07) is 8.29. The van der Waals surface area contributed by atoms with Crippen molar-refractivity contribution in [2.45, 2.75) is 33.1 Å². The van der Waals surface area contributed by atoms with Crippen LogP contribution in [-0.2, 0) is 0 Å². The predicted octanol–water partition coefficient (Wildman–Crippen LogP) is 3.89. The average molecular weight is 175 g/mol. The standard InChI is InChI=1S/C12H17N/c1-3-4-5-10-13-12-8-6-11(2)7-9-12/h6-10H,3-5H2,1-2H3. The Bertz CT molecular complexity index is 259. The first kappa shape index (κ1) is 9.97. The summed E-state index contributed by atoms with van der Waals surface area (Å²) < 4.78 is 0. The molecule has 1 aromatic rings. The summed E-state index contributed by atoms with van der Waals surface area (Å²) >= 11 is 0. The summed E-state index contributed by atoms with van der Waals surface area (Å²) in [6.45, 7) is 4.28. The molecule has 0 saturated heterocycles. The van der Waals surface area contributed by atoms with Crippen LogP contribution in [-0.4, -0.2) is 6.21 Å². The Morgan fingerprint density at radius 2 is 1.92 bits per heavy atom. The molecule has 0 aromatic heterocycles. The van der Waals surface area contributed by atoms with Crippen LogP contribution in [0.2, 0.25) is 0 Å². The van der Waals surface area contributed by atoms with E-state index in [1.165, 1.54) is 18.4 Å². The number of rotatable bonds is 4. The first-order valence-corrected chi connectivity index (χ1v) is 4.92. The van der Waals surface area contributed by atoms with Crippen LogP contribution < -0.4 is 0 Å². The largest absolute Gasteiger partial charge is 0.261 e. The van der Waals surface area contributed by atoms with Crippen LogP contribution >= 0.6 is 0 Å². The van der Waals surface area contributed by atoms with Gasteiger partial charge in [0.1, 0.15) is 0 Å². The second-order valence-electron chi connectivity index (χ2n) is 3.29. The van der Waals surface area contributed by atoms with Crippen molar-refractivity contribution in [1.82, 2.24) is 0 Å². The molecule has 1 rings (SSSR count). The summed E-state index contributed by atoms with van der Waals surface area (Å²) in [5, 5.41) is 0. The number of aliphatic imine (C=N–C) groups is 1. The van der Waals surface area contributed by atoms with Crippen molar-refractivity contribution >= 4 is 11.9 Å². The van der Waals surface area contributed by atoms with Gasteiger partial charge in [0, 0.05) is 6.21 Å². The number of unbranched alkanes of at least 4 members (excludes halogenated alkanes) is 2. The van der Waals surface area contributed by atoms with E-state index in [2.05, 4.69) is 43.1 Å². The summed E-state index contributed by atoms with van der Waals surface area (Å²) in [6.07, 6.45) is 5.56. The molecule has 13 heavy (non-hydrogen) atoms. The maximum atomic E-state index is 4.36. The zero-order valence-electron chi connectivity index (χ0n) is 8.46. The summed E-state index contributed by atoms with van der Waals surface area (Å²) in [5.74, 6) is 0. The van der Waals surface area contributed by atoms with E-state index in [9.17, 15) is 0 Å². The van der Waals surface area contributed by atoms with Gasteiger partial charge in [0.05, 0.1) is 5.69 Å². The SMILES string of the molecule is CCCCC=Nc1ccc(C)cc1. The van der Waals surface area contributed by atoms with E-state index in [1.807, 2.05) is 6.21 Å². The van der Waals surface area contributed by atoms with E-state index in [-0.39, 0.29) is 0 Å². The van der Waals surface area contributed by atoms with Gasteiger partial charge in [-0.15, -0.1) is 0 Å². The van der Waals surface area contributed by atoms with E-state index in [0.29, 0.717) is 0 Å². The smallest absolute Gasteiger partial charge is 0.0625 e. The molecule has 0 radical (unpaired) electrons. The number of hydrogen-bond donors (Lipinski definition) is 0. The quantitative estimate of drug-likeness (QED) is 0.486. The molecule has 1 nitrogen and oxygen atoms in total. The van der Waals surface area contributed by atoms with Gasteiger partial charge in [-0.1, -0.05) is 31.0 Å². The maximum Gasteiger partial charge on any atom is 0.0625 e. The van der Waals surface area contributed by atoms with Crippen molar-refractivity contribution in [1.29, 1.82) is 0 Å². The van der Waals surface area contributed by atoms with Crippen molar-refractivity contribution < 1.29 is 0 Å². The Labute approximate surface area is 80.5 Å². The Hall–Kier alpha value is -1.11. The third-order valence-electron chi connectivity index (χ3n) is 1.96. The highest BCUT2D eigenvalue weighted by Crippen LogP contribution is 2.11. The molecular formula is C12H17N. The van der Waals surface area contributed by atoms with Gasteiger partial charge in [-0.3, -0.25) is 4.99 Å². The number of benzene rings is 1. The third-order valence-corrected chi connectivity index (χ3v) is 1.96. The molecular weight excluding hydrogens is 158 g/mol. The molecule has 0 amide bonds. The van der Waals surface area contributed by atoms with Gasteiger partial charge in [0.15, 0.2) is 0 Å². The highest BCUT2D eigenvalue weighted by Gasteiger charge is 1.86. The molecule has 1 aromatic carbocycles. The Morgan fingerprint density at radius 1 is 1.23 bits per heavy atom. The molecule has 0 bridgehead atoms.